The first kappa shape index (κ1) is 18.4. The minimum absolute atomic E-state index is 0.110. The molecule has 128 valence electrons. The number of rotatable bonds is 7. The maximum Gasteiger partial charge on any atom is 0.164 e. The highest BCUT2D eigenvalue weighted by molar-refractivity contribution is 5.97. The minimum atomic E-state index is -0.579. The van der Waals surface area contributed by atoms with Gasteiger partial charge in [-0.05, 0) is 56.0 Å². The van der Waals surface area contributed by atoms with Gasteiger partial charge in [-0.2, -0.15) is 0 Å². The Kier molecular flexibility index (Phi) is 6.29. The van der Waals surface area contributed by atoms with Crippen molar-refractivity contribution >= 4 is 5.78 Å². The molecule has 2 atom stereocenters. The van der Waals surface area contributed by atoms with Gasteiger partial charge in [0.2, 0.25) is 0 Å². The highest BCUT2D eigenvalue weighted by atomic mass is 16.3. The number of aliphatic hydroxyl groups is 1. The van der Waals surface area contributed by atoms with E-state index in [-0.39, 0.29) is 11.8 Å². The summed E-state index contributed by atoms with van der Waals surface area (Å²) in [5.74, 6) is 0.143. The molecular weight excluding hydrogens is 298 g/mol. The van der Waals surface area contributed by atoms with Crippen LogP contribution in [0.1, 0.15) is 52.1 Å². The number of carbonyl (C=O) groups excluding carboxylic acids is 1. The van der Waals surface area contributed by atoms with Gasteiger partial charge in [0.1, 0.15) is 0 Å². The molecule has 0 fully saturated rings. The molecule has 2 unspecified atom stereocenters. The lowest BCUT2D eigenvalue weighted by Crippen LogP contribution is -2.33. The molecule has 0 aliphatic rings. The maximum absolute atomic E-state index is 12.4. The van der Waals surface area contributed by atoms with E-state index in [0.717, 1.165) is 22.3 Å². The first-order valence-electron chi connectivity index (χ1n) is 8.47. The van der Waals surface area contributed by atoms with Crippen molar-refractivity contribution in [2.45, 2.75) is 46.3 Å². The van der Waals surface area contributed by atoms with Crippen LogP contribution in [0.3, 0.4) is 0 Å². The number of benzene rings is 2. The summed E-state index contributed by atoms with van der Waals surface area (Å²) in [6.07, 6.45) is -0.153. The van der Waals surface area contributed by atoms with E-state index < -0.39 is 6.10 Å². The van der Waals surface area contributed by atoms with Gasteiger partial charge in [-0.3, -0.25) is 4.79 Å². The summed E-state index contributed by atoms with van der Waals surface area (Å²) in [5, 5.41) is 13.6. The van der Waals surface area contributed by atoms with Crippen LogP contribution in [0.4, 0.5) is 0 Å². The number of aliphatic hydroxyl groups excluding tert-OH is 1. The third-order valence-corrected chi connectivity index (χ3v) is 4.57. The van der Waals surface area contributed by atoms with Gasteiger partial charge in [0.05, 0.1) is 6.10 Å². The molecule has 3 heteroatoms. The molecule has 3 nitrogen and oxygen atoms in total. The van der Waals surface area contributed by atoms with Crippen molar-refractivity contribution in [1.82, 2.24) is 5.32 Å². The summed E-state index contributed by atoms with van der Waals surface area (Å²) in [6, 6.07) is 13.5. The molecule has 2 rings (SSSR count). The number of hydrogen-bond acceptors (Lipinski definition) is 3. The molecule has 0 spiro atoms. The van der Waals surface area contributed by atoms with Crippen LogP contribution in [0.25, 0.3) is 0 Å². The van der Waals surface area contributed by atoms with Crippen LogP contribution in [-0.2, 0) is 0 Å². The molecule has 0 aliphatic carbocycles. The van der Waals surface area contributed by atoms with Gasteiger partial charge in [0.25, 0.3) is 0 Å². The van der Waals surface area contributed by atoms with Crippen molar-refractivity contribution in [2.24, 2.45) is 0 Å². The Morgan fingerprint density at radius 2 is 1.67 bits per heavy atom. The van der Waals surface area contributed by atoms with Crippen LogP contribution >= 0.6 is 0 Å². The average Bonchev–Trinajstić information content (AvgIpc) is 2.58. The van der Waals surface area contributed by atoms with Crippen LogP contribution in [0, 0.1) is 20.8 Å². The third-order valence-electron chi connectivity index (χ3n) is 4.57. The molecule has 0 amide bonds. The number of carbonyl (C=O) groups is 1. The van der Waals surface area contributed by atoms with E-state index >= 15 is 0 Å². The maximum atomic E-state index is 12.4. The van der Waals surface area contributed by atoms with Crippen molar-refractivity contribution in [1.29, 1.82) is 0 Å². The van der Waals surface area contributed by atoms with E-state index in [1.807, 2.05) is 57.2 Å². The van der Waals surface area contributed by atoms with Crippen LogP contribution < -0.4 is 5.32 Å². The lowest BCUT2D eigenvalue weighted by atomic mass is 9.96. The summed E-state index contributed by atoms with van der Waals surface area (Å²) in [7, 11) is 0. The first-order chi connectivity index (χ1) is 11.4. The van der Waals surface area contributed by atoms with Crippen LogP contribution in [-0.4, -0.2) is 23.5 Å². The molecule has 0 aliphatic heterocycles. The van der Waals surface area contributed by atoms with E-state index in [1.165, 1.54) is 5.56 Å². The standard InChI is InChI=1S/C21H27NO2/c1-14-12-16(3)19(13-15(14)2)20(23)10-11-22-17(4)21(24)18-8-6-5-7-9-18/h5-9,12-13,17,21-22,24H,10-11H2,1-4H3. The summed E-state index contributed by atoms with van der Waals surface area (Å²) < 4.78 is 0. The predicted molar refractivity (Wildman–Crippen MR) is 98.5 cm³/mol. The summed E-state index contributed by atoms with van der Waals surface area (Å²) in [4.78, 5) is 12.4. The Hall–Kier alpha value is -1.97. The molecular formula is C21H27NO2. The van der Waals surface area contributed by atoms with Gasteiger partial charge >= 0.3 is 0 Å². The predicted octanol–water partition coefficient (Wildman–Crippen LogP) is 3.90. The molecule has 2 aromatic rings. The molecule has 2 N–H and O–H groups in total. The lowest BCUT2D eigenvalue weighted by molar-refractivity contribution is 0.0971. The Morgan fingerprint density at radius 3 is 2.33 bits per heavy atom. The summed E-state index contributed by atoms with van der Waals surface area (Å²) >= 11 is 0. The third kappa shape index (κ3) is 4.53. The second kappa shape index (κ2) is 8.22. The SMILES string of the molecule is Cc1cc(C)c(C(=O)CCNC(C)C(O)c2ccccc2)cc1C. The van der Waals surface area contributed by atoms with Gasteiger partial charge in [-0.1, -0.05) is 36.4 Å². The second-order valence-corrected chi connectivity index (χ2v) is 6.52. The zero-order valence-electron chi connectivity index (χ0n) is 15.0. The van der Waals surface area contributed by atoms with Gasteiger partial charge in [0, 0.05) is 24.6 Å². The van der Waals surface area contributed by atoms with Crippen molar-refractivity contribution in [3.63, 3.8) is 0 Å². The van der Waals surface area contributed by atoms with Gasteiger partial charge in [-0.25, -0.2) is 0 Å². The van der Waals surface area contributed by atoms with Gasteiger partial charge in [-0.15, -0.1) is 0 Å². The normalized spacial score (nSPS) is 13.5. The zero-order valence-corrected chi connectivity index (χ0v) is 15.0. The number of Topliss-reactive ketones (excluding diaryl/α,β-unsaturated/α-hetero) is 1. The van der Waals surface area contributed by atoms with E-state index in [1.54, 1.807) is 0 Å². The molecule has 0 heterocycles. The van der Waals surface area contributed by atoms with Crippen LogP contribution in [0.2, 0.25) is 0 Å². The fourth-order valence-corrected chi connectivity index (χ4v) is 2.86. The largest absolute Gasteiger partial charge is 0.387 e. The highest BCUT2D eigenvalue weighted by Gasteiger charge is 2.16. The van der Waals surface area contributed by atoms with E-state index in [2.05, 4.69) is 18.3 Å². The van der Waals surface area contributed by atoms with Crippen molar-refractivity contribution in [3.8, 4) is 0 Å². The van der Waals surface area contributed by atoms with Crippen molar-refractivity contribution in [2.75, 3.05) is 6.54 Å². The highest BCUT2D eigenvalue weighted by Crippen LogP contribution is 2.18. The summed E-state index contributed by atoms with van der Waals surface area (Å²) in [5.41, 5.74) is 5.07. The smallest absolute Gasteiger partial charge is 0.164 e. The number of hydrogen-bond donors (Lipinski definition) is 2. The number of nitrogens with one attached hydrogen (secondary N) is 1. The van der Waals surface area contributed by atoms with E-state index in [4.69, 9.17) is 0 Å². The average molecular weight is 325 g/mol. The molecule has 0 saturated heterocycles. The minimum Gasteiger partial charge on any atom is -0.387 e. The number of aryl methyl sites for hydroxylation is 3. The van der Waals surface area contributed by atoms with Crippen LogP contribution in [0.15, 0.2) is 42.5 Å². The van der Waals surface area contributed by atoms with E-state index in [0.29, 0.717) is 13.0 Å². The van der Waals surface area contributed by atoms with E-state index in [9.17, 15) is 9.90 Å². The second-order valence-electron chi connectivity index (χ2n) is 6.52. The first-order valence-corrected chi connectivity index (χ1v) is 8.47. The van der Waals surface area contributed by atoms with Crippen molar-refractivity contribution < 1.29 is 9.90 Å². The Balaban J connectivity index is 1.90. The van der Waals surface area contributed by atoms with Crippen molar-refractivity contribution in [3.05, 3.63) is 70.3 Å². The Bertz CT molecular complexity index is 694. The molecule has 24 heavy (non-hydrogen) atoms. The van der Waals surface area contributed by atoms with Gasteiger partial charge in [0.15, 0.2) is 5.78 Å². The molecule has 2 aromatic carbocycles. The zero-order chi connectivity index (χ0) is 17.7. The molecule has 0 radical (unpaired) electrons. The topological polar surface area (TPSA) is 49.3 Å². The number of ketones is 1. The summed E-state index contributed by atoms with van der Waals surface area (Å²) in [6.45, 7) is 8.56. The lowest BCUT2D eigenvalue weighted by Gasteiger charge is -2.20. The monoisotopic (exact) mass is 325 g/mol. The Labute approximate surface area is 144 Å². The molecule has 0 bridgehead atoms. The van der Waals surface area contributed by atoms with Crippen LogP contribution in [0.5, 0.6) is 0 Å². The van der Waals surface area contributed by atoms with Gasteiger partial charge < -0.3 is 10.4 Å². The molecule has 0 aromatic heterocycles. The fourth-order valence-electron chi connectivity index (χ4n) is 2.86. The molecule has 0 saturated carbocycles. The fraction of sp³-hybridized carbons (Fsp3) is 0.381. The Morgan fingerprint density at radius 1 is 1.04 bits per heavy atom. The quantitative estimate of drug-likeness (QED) is 0.759.